The van der Waals surface area contributed by atoms with E-state index in [0.717, 1.165) is 18.7 Å². The average molecular weight is 274 g/mol. The predicted octanol–water partition coefficient (Wildman–Crippen LogP) is 4.70. The highest BCUT2D eigenvalue weighted by Gasteiger charge is 1.94. The summed E-state index contributed by atoms with van der Waals surface area (Å²) < 4.78 is 12.7. The van der Waals surface area contributed by atoms with E-state index in [4.69, 9.17) is 0 Å². The van der Waals surface area contributed by atoms with Gasteiger partial charge in [-0.05, 0) is 30.7 Å². The Hall–Kier alpha value is -0.600. The number of unbranched alkanes of at least 4 members (excludes halogenated alkanes) is 5. The lowest BCUT2D eigenvalue weighted by molar-refractivity contribution is 0.571. The molecule has 0 saturated carbocycles. The highest BCUT2D eigenvalue weighted by Crippen LogP contribution is 2.05. The minimum atomic E-state index is -0.162. The summed E-state index contributed by atoms with van der Waals surface area (Å²) >= 11 is 0. The summed E-state index contributed by atoms with van der Waals surface area (Å²) in [6.45, 7) is 4.14. The molecule has 0 saturated heterocycles. The van der Waals surface area contributed by atoms with Crippen LogP contribution < -0.4 is 5.32 Å². The molecule has 0 aliphatic carbocycles. The first-order valence-electron chi connectivity index (χ1n) is 6.78. The third-order valence-corrected chi connectivity index (χ3v) is 2.95. The lowest BCUT2D eigenvalue weighted by atomic mass is 10.1. The van der Waals surface area contributed by atoms with E-state index in [1.54, 1.807) is 0 Å². The van der Waals surface area contributed by atoms with Crippen LogP contribution in [-0.2, 0) is 6.54 Å². The molecule has 1 aromatic rings. The van der Waals surface area contributed by atoms with Gasteiger partial charge in [0.1, 0.15) is 5.82 Å². The van der Waals surface area contributed by atoms with Crippen LogP contribution >= 0.6 is 12.4 Å². The van der Waals surface area contributed by atoms with E-state index in [-0.39, 0.29) is 18.2 Å². The summed E-state index contributed by atoms with van der Waals surface area (Å²) in [5.41, 5.74) is 1.15. The molecule has 1 rings (SSSR count). The van der Waals surface area contributed by atoms with Gasteiger partial charge >= 0.3 is 0 Å². The van der Waals surface area contributed by atoms with Crippen molar-refractivity contribution in [3.63, 3.8) is 0 Å². The largest absolute Gasteiger partial charge is 0.313 e. The van der Waals surface area contributed by atoms with Gasteiger partial charge < -0.3 is 5.32 Å². The first kappa shape index (κ1) is 17.4. The van der Waals surface area contributed by atoms with Crippen LogP contribution in [0.1, 0.15) is 51.0 Å². The van der Waals surface area contributed by atoms with Gasteiger partial charge in [0.25, 0.3) is 0 Å². The van der Waals surface area contributed by atoms with Crippen LogP contribution in [0.5, 0.6) is 0 Å². The smallest absolute Gasteiger partial charge is 0.123 e. The van der Waals surface area contributed by atoms with Crippen LogP contribution in [0.15, 0.2) is 24.3 Å². The predicted molar refractivity (Wildman–Crippen MR) is 78.7 cm³/mol. The quantitative estimate of drug-likeness (QED) is 0.643. The van der Waals surface area contributed by atoms with Crippen molar-refractivity contribution in [1.29, 1.82) is 0 Å². The molecule has 0 bridgehead atoms. The summed E-state index contributed by atoms with van der Waals surface area (Å²) in [5, 5.41) is 3.39. The molecule has 18 heavy (non-hydrogen) atoms. The third-order valence-electron chi connectivity index (χ3n) is 2.95. The van der Waals surface area contributed by atoms with Gasteiger partial charge in [-0.1, -0.05) is 51.2 Å². The molecule has 104 valence electrons. The van der Waals surface area contributed by atoms with Crippen molar-refractivity contribution in [1.82, 2.24) is 5.32 Å². The molecule has 0 fully saturated rings. The van der Waals surface area contributed by atoms with E-state index >= 15 is 0 Å². The van der Waals surface area contributed by atoms with Crippen molar-refractivity contribution < 1.29 is 4.39 Å². The van der Waals surface area contributed by atoms with E-state index in [1.807, 2.05) is 12.1 Å². The van der Waals surface area contributed by atoms with Crippen LogP contribution in [0.4, 0.5) is 4.39 Å². The summed E-state index contributed by atoms with van der Waals surface area (Å²) in [7, 11) is 0. The normalized spacial score (nSPS) is 10.1. The fraction of sp³-hybridized carbons (Fsp3) is 0.600. The van der Waals surface area contributed by atoms with Crippen LogP contribution in [-0.4, -0.2) is 6.54 Å². The van der Waals surface area contributed by atoms with Gasteiger partial charge in [0.15, 0.2) is 0 Å². The van der Waals surface area contributed by atoms with Crippen molar-refractivity contribution in [2.75, 3.05) is 6.54 Å². The first-order valence-corrected chi connectivity index (χ1v) is 6.78. The Morgan fingerprint density at radius 2 is 1.56 bits per heavy atom. The second-order valence-corrected chi connectivity index (χ2v) is 4.57. The van der Waals surface area contributed by atoms with Crippen LogP contribution in [0, 0.1) is 5.82 Å². The minimum absolute atomic E-state index is 0. The molecule has 1 N–H and O–H groups in total. The van der Waals surface area contributed by atoms with Crippen molar-refractivity contribution in [3.05, 3.63) is 35.6 Å². The lowest BCUT2D eigenvalue weighted by Crippen LogP contribution is -2.14. The maximum atomic E-state index is 12.7. The Morgan fingerprint density at radius 1 is 0.944 bits per heavy atom. The summed E-state index contributed by atoms with van der Waals surface area (Å²) in [6.07, 6.45) is 7.95. The van der Waals surface area contributed by atoms with E-state index in [1.165, 1.54) is 50.7 Å². The monoisotopic (exact) mass is 273 g/mol. The van der Waals surface area contributed by atoms with E-state index in [9.17, 15) is 4.39 Å². The van der Waals surface area contributed by atoms with Gasteiger partial charge in [0, 0.05) is 6.54 Å². The van der Waals surface area contributed by atoms with E-state index in [2.05, 4.69) is 12.2 Å². The standard InChI is InChI=1S/C15H24FN.ClH/c1-2-3-4-5-6-7-12-17-13-14-8-10-15(16)11-9-14;/h8-11,17H,2-7,12-13H2,1H3;1H. The molecule has 0 heterocycles. The fourth-order valence-electron chi connectivity index (χ4n) is 1.87. The van der Waals surface area contributed by atoms with Crippen molar-refractivity contribution in [2.45, 2.75) is 52.0 Å². The fourth-order valence-corrected chi connectivity index (χ4v) is 1.87. The zero-order chi connectivity index (χ0) is 12.3. The number of hydrogen-bond donors (Lipinski definition) is 1. The van der Waals surface area contributed by atoms with Gasteiger partial charge in [0.05, 0.1) is 0 Å². The molecular weight excluding hydrogens is 249 g/mol. The molecule has 0 aromatic heterocycles. The van der Waals surface area contributed by atoms with Gasteiger partial charge in [-0.3, -0.25) is 0 Å². The Balaban J connectivity index is 0.00000289. The van der Waals surface area contributed by atoms with Crippen molar-refractivity contribution in [2.24, 2.45) is 0 Å². The van der Waals surface area contributed by atoms with Crippen molar-refractivity contribution >= 4 is 12.4 Å². The minimum Gasteiger partial charge on any atom is -0.313 e. The molecular formula is C15H25ClFN. The molecule has 0 aliphatic heterocycles. The number of nitrogens with one attached hydrogen (secondary N) is 1. The molecule has 0 unspecified atom stereocenters. The second kappa shape index (κ2) is 11.5. The van der Waals surface area contributed by atoms with E-state index in [0.29, 0.717) is 0 Å². The third kappa shape index (κ3) is 8.48. The summed E-state index contributed by atoms with van der Waals surface area (Å²) in [5.74, 6) is -0.162. The maximum absolute atomic E-state index is 12.7. The molecule has 0 amide bonds. The lowest BCUT2D eigenvalue weighted by Gasteiger charge is -2.05. The highest BCUT2D eigenvalue weighted by molar-refractivity contribution is 5.85. The van der Waals surface area contributed by atoms with Gasteiger partial charge in [0.2, 0.25) is 0 Å². The van der Waals surface area contributed by atoms with E-state index < -0.39 is 0 Å². The number of hydrogen-bond acceptors (Lipinski definition) is 1. The maximum Gasteiger partial charge on any atom is 0.123 e. The number of benzene rings is 1. The van der Waals surface area contributed by atoms with Crippen LogP contribution in [0.25, 0.3) is 0 Å². The number of rotatable bonds is 9. The van der Waals surface area contributed by atoms with Crippen molar-refractivity contribution in [3.8, 4) is 0 Å². The zero-order valence-electron chi connectivity index (χ0n) is 11.3. The van der Waals surface area contributed by atoms with Gasteiger partial charge in [-0.15, -0.1) is 12.4 Å². The number of halogens is 2. The Labute approximate surface area is 117 Å². The van der Waals surface area contributed by atoms with Crippen LogP contribution in [0.3, 0.4) is 0 Å². The molecule has 1 aromatic carbocycles. The van der Waals surface area contributed by atoms with Crippen LogP contribution in [0.2, 0.25) is 0 Å². The molecule has 0 atom stereocenters. The average Bonchev–Trinajstić information content (AvgIpc) is 2.35. The summed E-state index contributed by atoms with van der Waals surface area (Å²) in [4.78, 5) is 0. The molecule has 3 heteroatoms. The molecule has 0 radical (unpaired) electrons. The SMILES string of the molecule is CCCCCCCCNCc1ccc(F)cc1.Cl. The Bertz CT molecular complexity index is 287. The van der Waals surface area contributed by atoms with Gasteiger partial charge in [-0.2, -0.15) is 0 Å². The highest BCUT2D eigenvalue weighted by atomic mass is 35.5. The second-order valence-electron chi connectivity index (χ2n) is 4.57. The Kier molecular flexibility index (Phi) is 11.1. The molecule has 0 spiro atoms. The Morgan fingerprint density at radius 3 is 2.22 bits per heavy atom. The molecule has 0 aliphatic rings. The zero-order valence-corrected chi connectivity index (χ0v) is 12.1. The molecule has 1 nitrogen and oxygen atoms in total. The summed E-state index contributed by atoms with van der Waals surface area (Å²) in [6, 6.07) is 6.71. The topological polar surface area (TPSA) is 12.0 Å². The van der Waals surface area contributed by atoms with Gasteiger partial charge in [-0.25, -0.2) is 4.39 Å². The first-order chi connectivity index (χ1) is 8.33.